The fourth-order valence-corrected chi connectivity index (χ4v) is 2.55. The maximum Gasteiger partial charge on any atom is 0.173 e. The quantitative estimate of drug-likeness (QED) is 0.657. The second-order valence-electron chi connectivity index (χ2n) is 3.66. The number of nitrogens with zero attached hydrogens (tertiary/aromatic N) is 4. The van der Waals surface area contributed by atoms with Gasteiger partial charge in [-0.05, 0) is 11.5 Å². The lowest BCUT2D eigenvalue weighted by molar-refractivity contribution is 0.793. The zero-order chi connectivity index (χ0) is 11.8. The van der Waals surface area contributed by atoms with Crippen LogP contribution in [0.2, 0.25) is 0 Å². The van der Waals surface area contributed by atoms with E-state index in [-0.39, 0.29) is 0 Å². The minimum absolute atomic E-state index is 0.618. The molecule has 0 amide bonds. The summed E-state index contributed by atoms with van der Waals surface area (Å²) >= 11 is 1.22. The minimum Gasteiger partial charge on any atom is -0.249 e. The van der Waals surface area contributed by atoms with Crippen LogP contribution in [-0.2, 0) is 7.05 Å². The molecule has 0 saturated heterocycles. The van der Waals surface area contributed by atoms with E-state index in [4.69, 9.17) is 5.26 Å². The molecule has 0 unspecified atom stereocenters. The number of benzene rings is 1. The van der Waals surface area contributed by atoms with E-state index in [2.05, 4.69) is 15.5 Å². The molecule has 0 aliphatic carbocycles. The molecule has 0 radical (unpaired) electrons. The Labute approximate surface area is 102 Å². The summed E-state index contributed by atoms with van der Waals surface area (Å²) < 4.78 is 5.97. The van der Waals surface area contributed by atoms with E-state index >= 15 is 0 Å². The Bertz CT molecular complexity index is 718. The van der Waals surface area contributed by atoms with E-state index in [0.717, 1.165) is 22.3 Å². The summed E-state index contributed by atoms with van der Waals surface area (Å²) in [5, 5.41) is 14.4. The van der Waals surface area contributed by atoms with Crippen molar-refractivity contribution in [2.24, 2.45) is 7.05 Å². The number of rotatable bonds is 1. The van der Waals surface area contributed by atoms with Gasteiger partial charge in [-0.3, -0.25) is 0 Å². The molecule has 0 atom stereocenters. The first kappa shape index (κ1) is 10.00. The van der Waals surface area contributed by atoms with Gasteiger partial charge >= 0.3 is 0 Å². The number of aromatic nitrogens is 3. The summed E-state index contributed by atoms with van der Waals surface area (Å²) in [4.78, 5) is 0.618. The fraction of sp³-hybridized carbons (Fsp3) is 0.0833. The van der Waals surface area contributed by atoms with E-state index in [1.165, 1.54) is 11.5 Å². The highest BCUT2D eigenvalue weighted by molar-refractivity contribution is 7.07. The summed E-state index contributed by atoms with van der Waals surface area (Å²) in [5.74, 6) is 0. The predicted octanol–water partition coefficient (Wildman–Crippen LogP) is 2.57. The molecule has 0 fully saturated rings. The average molecular weight is 240 g/mol. The Morgan fingerprint density at radius 1 is 1.29 bits per heavy atom. The van der Waals surface area contributed by atoms with Gasteiger partial charge in [0.05, 0.1) is 5.39 Å². The molecule has 0 aliphatic heterocycles. The summed E-state index contributed by atoms with van der Waals surface area (Å²) in [6.45, 7) is 0. The molecule has 4 nitrogen and oxygen atoms in total. The first-order valence-corrected chi connectivity index (χ1v) is 5.86. The van der Waals surface area contributed by atoms with Gasteiger partial charge in [0.25, 0.3) is 0 Å². The van der Waals surface area contributed by atoms with Gasteiger partial charge in [0.2, 0.25) is 0 Å². The van der Waals surface area contributed by atoms with Crippen LogP contribution in [-0.4, -0.2) is 14.2 Å². The van der Waals surface area contributed by atoms with Crippen LogP contribution in [0.25, 0.3) is 22.3 Å². The second kappa shape index (κ2) is 3.68. The third-order valence-electron chi connectivity index (χ3n) is 2.62. The molecule has 3 aromatic rings. The Kier molecular flexibility index (Phi) is 2.16. The van der Waals surface area contributed by atoms with Crippen molar-refractivity contribution < 1.29 is 0 Å². The van der Waals surface area contributed by atoms with Crippen molar-refractivity contribution in [1.29, 1.82) is 5.26 Å². The maximum absolute atomic E-state index is 9.09. The number of nitriles is 1. The number of fused-ring (bicyclic) bond motifs is 1. The molecule has 0 saturated carbocycles. The largest absolute Gasteiger partial charge is 0.249 e. The molecule has 5 heteroatoms. The van der Waals surface area contributed by atoms with Crippen molar-refractivity contribution in [3.8, 4) is 17.3 Å². The molecular formula is C12H8N4S. The smallest absolute Gasteiger partial charge is 0.173 e. The van der Waals surface area contributed by atoms with E-state index < -0.39 is 0 Å². The maximum atomic E-state index is 9.09. The number of aryl methyl sites for hydroxylation is 1. The van der Waals surface area contributed by atoms with Gasteiger partial charge < -0.3 is 0 Å². The first-order valence-electron chi connectivity index (χ1n) is 5.09. The van der Waals surface area contributed by atoms with Gasteiger partial charge in [-0.25, -0.2) is 4.68 Å². The predicted molar refractivity (Wildman–Crippen MR) is 66.5 cm³/mol. The zero-order valence-corrected chi connectivity index (χ0v) is 9.90. The average Bonchev–Trinajstić information content (AvgIpc) is 2.92. The molecule has 1 aromatic carbocycles. The van der Waals surface area contributed by atoms with E-state index in [0.29, 0.717) is 4.88 Å². The van der Waals surface area contributed by atoms with Gasteiger partial charge in [-0.15, -0.1) is 0 Å². The van der Waals surface area contributed by atoms with Crippen molar-refractivity contribution in [2.75, 3.05) is 0 Å². The van der Waals surface area contributed by atoms with Crippen LogP contribution in [0, 0.1) is 11.3 Å². The molecular weight excluding hydrogens is 232 g/mol. The van der Waals surface area contributed by atoms with Crippen LogP contribution in [0.5, 0.6) is 0 Å². The van der Waals surface area contributed by atoms with E-state index in [1.54, 1.807) is 4.68 Å². The van der Waals surface area contributed by atoms with Crippen LogP contribution < -0.4 is 0 Å². The highest BCUT2D eigenvalue weighted by Crippen LogP contribution is 2.31. The lowest BCUT2D eigenvalue weighted by Crippen LogP contribution is -1.90. The molecule has 0 aliphatic rings. The van der Waals surface area contributed by atoms with Gasteiger partial charge in [-0.1, -0.05) is 30.3 Å². The van der Waals surface area contributed by atoms with E-state index in [9.17, 15) is 0 Å². The Balaban J connectivity index is 2.38. The molecule has 0 bridgehead atoms. The summed E-state index contributed by atoms with van der Waals surface area (Å²) in [6, 6.07) is 12.0. The molecule has 2 heterocycles. The molecule has 3 rings (SSSR count). The monoisotopic (exact) mass is 240 g/mol. The Hall–Kier alpha value is -2.19. The van der Waals surface area contributed by atoms with Crippen LogP contribution in [0.1, 0.15) is 4.88 Å². The van der Waals surface area contributed by atoms with Crippen LogP contribution in [0.15, 0.2) is 30.3 Å². The number of hydrogen-bond acceptors (Lipinski definition) is 4. The van der Waals surface area contributed by atoms with Gasteiger partial charge in [0, 0.05) is 12.6 Å². The lowest BCUT2D eigenvalue weighted by atomic mass is 10.1. The minimum atomic E-state index is 0.618. The second-order valence-corrected chi connectivity index (χ2v) is 4.43. The number of hydrogen-bond donors (Lipinski definition) is 0. The van der Waals surface area contributed by atoms with Gasteiger partial charge in [0.1, 0.15) is 16.6 Å². The Morgan fingerprint density at radius 2 is 2.06 bits per heavy atom. The third-order valence-corrected chi connectivity index (χ3v) is 3.36. The van der Waals surface area contributed by atoms with Crippen molar-refractivity contribution in [3.63, 3.8) is 0 Å². The summed E-state index contributed by atoms with van der Waals surface area (Å²) in [6.07, 6.45) is 0. The molecule has 17 heavy (non-hydrogen) atoms. The fourth-order valence-electron chi connectivity index (χ4n) is 1.84. The van der Waals surface area contributed by atoms with Crippen molar-refractivity contribution in [2.45, 2.75) is 0 Å². The zero-order valence-electron chi connectivity index (χ0n) is 9.08. The van der Waals surface area contributed by atoms with Crippen molar-refractivity contribution >= 4 is 22.6 Å². The third kappa shape index (κ3) is 1.42. The normalized spacial score (nSPS) is 10.6. The summed E-state index contributed by atoms with van der Waals surface area (Å²) in [5.41, 5.74) is 2.61. The molecule has 2 aromatic heterocycles. The van der Waals surface area contributed by atoms with Gasteiger partial charge in [0.15, 0.2) is 5.65 Å². The Morgan fingerprint density at radius 3 is 2.76 bits per heavy atom. The van der Waals surface area contributed by atoms with E-state index in [1.807, 2.05) is 37.4 Å². The highest BCUT2D eigenvalue weighted by atomic mass is 32.1. The lowest BCUT2D eigenvalue weighted by Gasteiger charge is -1.95. The highest BCUT2D eigenvalue weighted by Gasteiger charge is 2.17. The van der Waals surface area contributed by atoms with Crippen molar-refractivity contribution in [3.05, 3.63) is 35.2 Å². The summed E-state index contributed by atoms with van der Waals surface area (Å²) in [7, 11) is 1.84. The standard InChI is InChI=1S/C12H8N4S/c1-16-12-10(9(7-13)17-15-12)11(14-16)8-5-3-2-4-6-8/h2-6H,1H3. The topological polar surface area (TPSA) is 54.5 Å². The molecule has 82 valence electrons. The first-order chi connectivity index (χ1) is 8.31. The SMILES string of the molecule is Cn1nc(-c2ccccc2)c2c(C#N)snc21. The van der Waals surface area contributed by atoms with Crippen LogP contribution in [0.4, 0.5) is 0 Å². The van der Waals surface area contributed by atoms with Crippen molar-refractivity contribution in [1.82, 2.24) is 14.2 Å². The van der Waals surface area contributed by atoms with Gasteiger partial charge in [-0.2, -0.15) is 14.7 Å². The van der Waals surface area contributed by atoms with Crippen LogP contribution >= 0.6 is 11.5 Å². The molecule has 0 N–H and O–H groups in total. The van der Waals surface area contributed by atoms with Crippen LogP contribution in [0.3, 0.4) is 0 Å². The molecule has 0 spiro atoms.